The Bertz CT molecular complexity index is 576. The van der Waals surface area contributed by atoms with Crippen LogP contribution in [0.25, 0.3) is 10.8 Å². The Morgan fingerprint density at radius 3 is 2.21 bits per heavy atom. The van der Waals surface area contributed by atoms with Crippen molar-refractivity contribution >= 4 is 10.8 Å². The van der Waals surface area contributed by atoms with Crippen LogP contribution in [0, 0.1) is 0 Å². The molecular formula is C16H22N2O. The molecule has 0 fully saturated rings. The maximum atomic E-state index is 10.5. The first-order valence-electron chi connectivity index (χ1n) is 6.51. The molecule has 0 aliphatic heterocycles. The summed E-state index contributed by atoms with van der Waals surface area (Å²) in [6.07, 6.45) is 0. The predicted octanol–water partition coefficient (Wildman–Crippen LogP) is 2.67. The number of aromatic hydroxyl groups is 1. The number of hydrogen-bond acceptors (Lipinski definition) is 3. The van der Waals surface area contributed by atoms with Crippen LogP contribution in [0.5, 0.6) is 5.75 Å². The third-order valence-electron chi connectivity index (χ3n) is 3.17. The van der Waals surface area contributed by atoms with Crippen LogP contribution in [-0.2, 0) is 13.1 Å². The van der Waals surface area contributed by atoms with Crippen LogP contribution in [0.2, 0.25) is 0 Å². The van der Waals surface area contributed by atoms with Gasteiger partial charge in [-0.1, -0.05) is 24.3 Å². The molecule has 3 heteroatoms. The summed E-state index contributed by atoms with van der Waals surface area (Å²) in [6.45, 7) is 1.49. The first kappa shape index (κ1) is 13.8. The van der Waals surface area contributed by atoms with Crippen LogP contribution in [0.4, 0.5) is 0 Å². The molecule has 0 bridgehead atoms. The molecular weight excluding hydrogens is 236 g/mol. The number of fused-ring (bicyclic) bond motifs is 1. The standard InChI is InChI=1S/C16H22N2O/c1-17(2)10-13-9-12-7-5-6-8-14(12)15(16(13)19)11-18(3)4/h5-9,19H,10-11H2,1-4H3. The zero-order chi connectivity index (χ0) is 14.0. The number of phenolic OH excluding ortho intramolecular Hbond substituents is 1. The molecule has 3 nitrogen and oxygen atoms in total. The molecule has 102 valence electrons. The molecule has 0 spiro atoms. The monoisotopic (exact) mass is 258 g/mol. The smallest absolute Gasteiger partial charge is 0.125 e. The molecule has 1 N–H and O–H groups in total. The number of nitrogens with zero attached hydrogens (tertiary/aromatic N) is 2. The maximum absolute atomic E-state index is 10.5. The van der Waals surface area contributed by atoms with Crippen LogP contribution in [0.1, 0.15) is 11.1 Å². The highest BCUT2D eigenvalue weighted by Crippen LogP contribution is 2.32. The fraction of sp³-hybridized carbons (Fsp3) is 0.375. The van der Waals surface area contributed by atoms with Crippen LogP contribution < -0.4 is 0 Å². The number of phenols is 1. The van der Waals surface area contributed by atoms with Gasteiger partial charge in [-0.25, -0.2) is 0 Å². The third kappa shape index (κ3) is 3.06. The lowest BCUT2D eigenvalue weighted by molar-refractivity contribution is 0.370. The molecule has 0 saturated heterocycles. The van der Waals surface area contributed by atoms with Gasteiger partial charge < -0.3 is 14.9 Å². The van der Waals surface area contributed by atoms with E-state index in [0.717, 1.165) is 29.6 Å². The highest BCUT2D eigenvalue weighted by Gasteiger charge is 2.13. The van der Waals surface area contributed by atoms with Gasteiger partial charge in [-0.05, 0) is 45.0 Å². The van der Waals surface area contributed by atoms with Crippen LogP contribution in [0.15, 0.2) is 30.3 Å². The number of benzene rings is 2. The Morgan fingerprint density at radius 1 is 0.947 bits per heavy atom. The van der Waals surface area contributed by atoms with Gasteiger partial charge in [0.25, 0.3) is 0 Å². The Morgan fingerprint density at radius 2 is 1.58 bits per heavy atom. The van der Waals surface area contributed by atoms with Crippen molar-refractivity contribution in [1.29, 1.82) is 0 Å². The van der Waals surface area contributed by atoms with Gasteiger partial charge in [-0.15, -0.1) is 0 Å². The van der Waals surface area contributed by atoms with E-state index in [-0.39, 0.29) is 0 Å². The quantitative estimate of drug-likeness (QED) is 0.913. The van der Waals surface area contributed by atoms with Crippen LogP contribution in [-0.4, -0.2) is 43.1 Å². The van der Waals surface area contributed by atoms with Crippen molar-refractivity contribution < 1.29 is 5.11 Å². The second-order valence-corrected chi connectivity index (χ2v) is 5.56. The molecule has 0 aliphatic carbocycles. The molecule has 0 aliphatic rings. The molecule has 19 heavy (non-hydrogen) atoms. The average molecular weight is 258 g/mol. The first-order valence-corrected chi connectivity index (χ1v) is 6.51. The first-order chi connectivity index (χ1) is 8.99. The van der Waals surface area contributed by atoms with E-state index < -0.39 is 0 Å². The van der Waals surface area contributed by atoms with E-state index in [1.165, 1.54) is 5.39 Å². The Hall–Kier alpha value is -1.58. The van der Waals surface area contributed by atoms with Crippen molar-refractivity contribution in [3.05, 3.63) is 41.5 Å². The SMILES string of the molecule is CN(C)Cc1cc2ccccc2c(CN(C)C)c1O. The topological polar surface area (TPSA) is 26.7 Å². The van der Waals surface area contributed by atoms with Gasteiger partial charge in [-0.2, -0.15) is 0 Å². The lowest BCUT2D eigenvalue weighted by Gasteiger charge is -2.19. The highest BCUT2D eigenvalue weighted by molar-refractivity contribution is 5.88. The zero-order valence-electron chi connectivity index (χ0n) is 12.1. The van der Waals surface area contributed by atoms with E-state index in [1.807, 2.05) is 40.3 Å². The molecule has 0 heterocycles. The summed E-state index contributed by atoms with van der Waals surface area (Å²) in [5.74, 6) is 0.432. The molecule has 2 rings (SSSR count). The van der Waals surface area contributed by atoms with E-state index in [0.29, 0.717) is 5.75 Å². The minimum absolute atomic E-state index is 0.432. The third-order valence-corrected chi connectivity index (χ3v) is 3.17. The van der Waals surface area contributed by atoms with Gasteiger partial charge >= 0.3 is 0 Å². The number of rotatable bonds is 4. The lowest BCUT2D eigenvalue weighted by Crippen LogP contribution is -2.14. The Kier molecular flexibility index (Phi) is 4.08. The molecule has 0 amide bonds. The second-order valence-electron chi connectivity index (χ2n) is 5.56. The molecule has 0 saturated carbocycles. The molecule has 0 unspecified atom stereocenters. The second kappa shape index (κ2) is 5.59. The predicted molar refractivity (Wildman–Crippen MR) is 80.4 cm³/mol. The Balaban J connectivity index is 2.62. The largest absolute Gasteiger partial charge is 0.507 e. The summed E-state index contributed by atoms with van der Waals surface area (Å²) >= 11 is 0. The van der Waals surface area contributed by atoms with Crippen LogP contribution >= 0.6 is 0 Å². The summed E-state index contributed by atoms with van der Waals surface area (Å²) in [5.41, 5.74) is 2.00. The molecule has 0 radical (unpaired) electrons. The van der Waals surface area contributed by atoms with E-state index in [9.17, 15) is 5.11 Å². The fourth-order valence-electron chi connectivity index (χ4n) is 2.41. The Labute approximate surface area is 115 Å². The van der Waals surface area contributed by atoms with E-state index in [1.54, 1.807) is 0 Å². The van der Waals surface area contributed by atoms with E-state index in [4.69, 9.17) is 0 Å². The van der Waals surface area contributed by atoms with Crippen molar-refractivity contribution in [3.63, 3.8) is 0 Å². The van der Waals surface area contributed by atoms with Crippen LogP contribution in [0.3, 0.4) is 0 Å². The summed E-state index contributed by atoms with van der Waals surface area (Å²) < 4.78 is 0. The van der Waals surface area contributed by atoms with Gasteiger partial charge in [0.1, 0.15) is 5.75 Å². The summed E-state index contributed by atoms with van der Waals surface area (Å²) in [4.78, 5) is 4.16. The summed E-state index contributed by atoms with van der Waals surface area (Å²) in [5, 5.41) is 12.9. The average Bonchev–Trinajstić information content (AvgIpc) is 2.33. The summed E-state index contributed by atoms with van der Waals surface area (Å²) in [7, 11) is 8.07. The van der Waals surface area contributed by atoms with Gasteiger partial charge in [0.15, 0.2) is 0 Å². The van der Waals surface area contributed by atoms with E-state index in [2.05, 4.69) is 28.0 Å². The van der Waals surface area contributed by atoms with Crippen molar-refractivity contribution in [3.8, 4) is 5.75 Å². The van der Waals surface area contributed by atoms with Gasteiger partial charge in [-0.3, -0.25) is 0 Å². The summed E-state index contributed by atoms with van der Waals surface area (Å²) in [6, 6.07) is 10.3. The zero-order valence-corrected chi connectivity index (χ0v) is 12.1. The normalized spacial score (nSPS) is 11.7. The van der Waals surface area contributed by atoms with Gasteiger partial charge in [0, 0.05) is 24.2 Å². The van der Waals surface area contributed by atoms with Crippen molar-refractivity contribution in [2.45, 2.75) is 13.1 Å². The van der Waals surface area contributed by atoms with Gasteiger partial charge in [0.05, 0.1) is 0 Å². The minimum atomic E-state index is 0.432. The minimum Gasteiger partial charge on any atom is -0.507 e. The maximum Gasteiger partial charge on any atom is 0.125 e. The van der Waals surface area contributed by atoms with Crippen molar-refractivity contribution in [2.75, 3.05) is 28.2 Å². The fourth-order valence-corrected chi connectivity index (χ4v) is 2.41. The van der Waals surface area contributed by atoms with Crippen molar-refractivity contribution in [2.24, 2.45) is 0 Å². The van der Waals surface area contributed by atoms with Crippen molar-refractivity contribution in [1.82, 2.24) is 9.80 Å². The van der Waals surface area contributed by atoms with Gasteiger partial charge in [0.2, 0.25) is 0 Å². The lowest BCUT2D eigenvalue weighted by atomic mass is 9.98. The number of hydrogen-bond donors (Lipinski definition) is 1. The molecule has 0 aromatic heterocycles. The van der Waals surface area contributed by atoms with E-state index >= 15 is 0 Å². The molecule has 2 aromatic rings. The molecule has 0 atom stereocenters. The molecule has 2 aromatic carbocycles. The highest BCUT2D eigenvalue weighted by atomic mass is 16.3.